The van der Waals surface area contributed by atoms with E-state index in [0.717, 1.165) is 19.3 Å². The van der Waals surface area contributed by atoms with Gasteiger partial charge in [0.15, 0.2) is 12.2 Å². The molecule has 0 atom stereocenters. The quantitative estimate of drug-likeness (QED) is 0.726. The fourth-order valence-electron chi connectivity index (χ4n) is 2.44. The summed E-state index contributed by atoms with van der Waals surface area (Å²) in [4.78, 5) is 31.7. The molecule has 2 rings (SSSR count). The Morgan fingerprint density at radius 3 is 2.29 bits per heavy atom. The van der Waals surface area contributed by atoms with Crippen molar-refractivity contribution < 1.29 is 28.9 Å². The number of aliphatic hydroxyl groups is 1. The number of nitrogens with one attached hydrogen (secondary N) is 1. The summed E-state index contributed by atoms with van der Waals surface area (Å²) in [5.41, 5.74) is -1.49. The first kappa shape index (κ1) is 17.9. The first-order valence-electron chi connectivity index (χ1n) is 7.63. The number of esters is 1. The molecule has 0 radical (unpaired) electrons. The van der Waals surface area contributed by atoms with E-state index in [2.05, 4.69) is 15.3 Å². The zero-order chi connectivity index (χ0) is 17.6. The van der Waals surface area contributed by atoms with Crippen LogP contribution in [0, 0.1) is 0 Å². The molecule has 1 saturated carbocycles. The third kappa shape index (κ3) is 4.54. The van der Waals surface area contributed by atoms with Gasteiger partial charge in [0, 0.05) is 0 Å². The number of hydrogen-bond donors (Lipinski definition) is 2. The molecule has 1 aromatic heterocycles. The molecular weight excluding hydrogens is 318 g/mol. The summed E-state index contributed by atoms with van der Waals surface area (Å²) >= 11 is 0. The normalized spacial score (nSPS) is 16.1. The second kappa shape index (κ2) is 7.91. The van der Waals surface area contributed by atoms with Crippen LogP contribution in [0.2, 0.25) is 0 Å². The van der Waals surface area contributed by atoms with Crippen LogP contribution in [0.4, 0.5) is 5.95 Å². The van der Waals surface area contributed by atoms with Crippen LogP contribution in [0.5, 0.6) is 11.8 Å². The number of methoxy groups -OCH3 is 2. The molecule has 1 aliphatic rings. The SMILES string of the molecule is COc1cc(OC)nc(NC(=O)COC(=O)C2(O)CCCCC2)n1. The van der Waals surface area contributed by atoms with Crippen molar-refractivity contribution in [1.29, 1.82) is 0 Å². The van der Waals surface area contributed by atoms with Crippen molar-refractivity contribution in [3.8, 4) is 11.8 Å². The van der Waals surface area contributed by atoms with E-state index >= 15 is 0 Å². The van der Waals surface area contributed by atoms with E-state index < -0.39 is 24.1 Å². The molecule has 0 aliphatic heterocycles. The molecule has 1 amide bonds. The Morgan fingerprint density at radius 1 is 1.17 bits per heavy atom. The summed E-state index contributed by atoms with van der Waals surface area (Å²) in [5, 5.41) is 12.6. The van der Waals surface area contributed by atoms with Gasteiger partial charge in [0.2, 0.25) is 17.7 Å². The topological polar surface area (TPSA) is 120 Å². The maximum absolute atomic E-state index is 12.0. The van der Waals surface area contributed by atoms with Gasteiger partial charge in [-0.3, -0.25) is 10.1 Å². The number of ether oxygens (including phenoxy) is 3. The third-order valence-corrected chi connectivity index (χ3v) is 3.74. The van der Waals surface area contributed by atoms with Gasteiger partial charge in [-0.1, -0.05) is 6.42 Å². The lowest BCUT2D eigenvalue weighted by Gasteiger charge is -2.29. The van der Waals surface area contributed by atoms with E-state index in [1.807, 2.05) is 0 Å². The molecule has 1 heterocycles. The zero-order valence-electron chi connectivity index (χ0n) is 13.7. The molecule has 9 nitrogen and oxygen atoms in total. The van der Waals surface area contributed by atoms with Gasteiger partial charge in [0.25, 0.3) is 5.91 Å². The highest BCUT2D eigenvalue weighted by Gasteiger charge is 2.38. The summed E-state index contributed by atoms with van der Waals surface area (Å²) in [7, 11) is 2.83. The van der Waals surface area contributed by atoms with Crippen molar-refractivity contribution in [2.24, 2.45) is 0 Å². The van der Waals surface area contributed by atoms with Crippen LogP contribution in [-0.2, 0) is 14.3 Å². The number of carbonyl (C=O) groups is 2. The molecule has 9 heteroatoms. The van der Waals surface area contributed by atoms with E-state index in [0.29, 0.717) is 12.8 Å². The van der Waals surface area contributed by atoms with Gasteiger partial charge < -0.3 is 19.3 Å². The summed E-state index contributed by atoms with van der Waals surface area (Å²) in [6, 6.07) is 1.45. The molecular formula is C15H21N3O6. The highest BCUT2D eigenvalue weighted by molar-refractivity contribution is 5.92. The highest BCUT2D eigenvalue weighted by Crippen LogP contribution is 2.29. The maximum Gasteiger partial charge on any atom is 0.338 e. The molecule has 0 unspecified atom stereocenters. The average Bonchev–Trinajstić information content (AvgIpc) is 2.59. The Hall–Kier alpha value is -2.42. The number of amides is 1. The predicted octanol–water partition coefficient (Wildman–Crippen LogP) is 0.671. The van der Waals surface area contributed by atoms with Crippen molar-refractivity contribution in [2.45, 2.75) is 37.7 Å². The molecule has 1 aliphatic carbocycles. The monoisotopic (exact) mass is 339 g/mol. The molecule has 0 aromatic carbocycles. The van der Waals surface area contributed by atoms with Crippen LogP contribution >= 0.6 is 0 Å². The molecule has 0 bridgehead atoms. The summed E-state index contributed by atoms with van der Waals surface area (Å²) in [5.74, 6) is -1.01. The molecule has 2 N–H and O–H groups in total. The largest absolute Gasteiger partial charge is 0.481 e. The van der Waals surface area contributed by atoms with Gasteiger partial charge in [-0.15, -0.1) is 0 Å². The molecule has 1 fully saturated rings. The van der Waals surface area contributed by atoms with Crippen molar-refractivity contribution in [2.75, 3.05) is 26.1 Å². The lowest BCUT2D eigenvalue weighted by atomic mass is 9.85. The first-order chi connectivity index (χ1) is 11.5. The molecule has 0 spiro atoms. The van der Waals surface area contributed by atoms with Gasteiger partial charge in [0.1, 0.15) is 0 Å². The smallest absolute Gasteiger partial charge is 0.338 e. The Labute approximate surface area is 139 Å². The van der Waals surface area contributed by atoms with Gasteiger partial charge in [-0.2, -0.15) is 9.97 Å². The van der Waals surface area contributed by atoms with Crippen LogP contribution in [0.3, 0.4) is 0 Å². The number of carbonyl (C=O) groups excluding carboxylic acids is 2. The fourth-order valence-corrected chi connectivity index (χ4v) is 2.44. The minimum atomic E-state index is -1.49. The van der Waals surface area contributed by atoms with E-state index in [1.54, 1.807) is 0 Å². The van der Waals surface area contributed by atoms with Gasteiger partial charge in [-0.25, -0.2) is 4.79 Å². The number of rotatable bonds is 6. The summed E-state index contributed by atoms with van der Waals surface area (Å²) in [6.45, 7) is -0.538. The number of anilines is 1. The van der Waals surface area contributed by atoms with Crippen molar-refractivity contribution in [1.82, 2.24) is 9.97 Å². The number of aromatic nitrogens is 2. The maximum atomic E-state index is 12.0. The van der Waals surface area contributed by atoms with Crippen LogP contribution in [-0.4, -0.2) is 53.4 Å². The first-order valence-corrected chi connectivity index (χ1v) is 7.63. The van der Waals surface area contributed by atoms with Crippen molar-refractivity contribution in [3.05, 3.63) is 6.07 Å². The zero-order valence-corrected chi connectivity index (χ0v) is 13.7. The van der Waals surface area contributed by atoms with Gasteiger partial charge in [-0.05, 0) is 25.7 Å². The standard InChI is InChI=1S/C15H21N3O6/c1-22-11-8-12(23-2)18-14(17-11)16-10(19)9-24-13(20)15(21)6-4-3-5-7-15/h8,21H,3-7,9H2,1-2H3,(H,16,17,18,19). The van der Waals surface area contributed by atoms with Gasteiger partial charge in [0.05, 0.1) is 20.3 Å². The fraction of sp³-hybridized carbons (Fsp3) is 0.600. The lowest BCUT2D eigenvalue weighted by Crippen LogP contribution is -2.42. The van der Waals surface area contributed by atoms with Crippen molar-refractivity contribution >= 4 is 17.8 Å². The molecule has 0 saturated heterocycles. The summed E-state index contributed by atoms with van der Waals surface area (Å²) < 4.78 is 14.9. The molecule has 132 valence electrons. The van der Waals surface area contributed by atoms with E-state index in [9.17, 15) is 14.7 Å². The third-order valence-electron chi connectivity index (χ3n) is 3.74. The van der Waals surface area contributed by atoms with Crippen LogP contribution < -0.4 is 14.8 Å². The van der Waals surface area contributed by atoms with Gasteiger partial charge >= 0.3 is 5.97 Å². The number of nitrogens with zero attached hydrogens (tertiary/aromatic N) is 2. The van der Waals surface area contributed by atoms with Crippen LogP contribution in [0.15, 0.2) is 6.07 Å². The highest BCUT2D eigenvalue weighted by atomic mass is 16.6. The molecule has 1 aromatic rings. The Balaban J connectivity index is 1.90. The average molecular weight is 339 g/mol. The minimum absolute atomic E-state index is 0.0383. The second-order valence-corrected chi connectivity index (χ2v) is 5.49. The van der Waals surface area contributed by atoms with Crippen LogP contribution in [0.1, 0.15) is 32.1 Å². The lowest BCUT2D eigenvalue weighted by molar-refractivity contribution is -0.170. The second-order valence-electron chi connectivity index (χ2n) is 5.49. The van der Waals surface area contributed by atoms with E-state index in [-0.39, 0.29) is 17.7 Å². The minimum Gasteiger partial charge on any atom is -0.481 e. The Bertz CT molecular complexity index is 579. The van der Waals surface area contributed by atoms with Crippen molar-refractivity contribution in [3.63, 3.8) is 0 Å². The molecule has 24 heavy (non-hydrogen) atoms. The predicted molar refractivity (Wildman–Crippen MR) is 82.8 cm³/mol. The van der Waals surface area contributed by atoms with E-state index in [1.165, 1.54) is 20.3 Å². The van der Waals surface area contributed by atoms with E-state index in [4.69, 9.17) is 14.2 Å². The summed E-state index contributed by atoms with van der Waals surface area (Å²) in [6.07, 6.45) is 3.20. The Morgan fingerprint density at radius 2 is 1.75 bits per heavy atom. The van der Waals surface area contributed by atoms with Crippen LogP contribution in [0.25, 0.3) is 0 Å². The Kier molecular flexibility index (Phi) is 5.91. The number of hydrogen-bond acceptors (Lipinski definition) is 8.